The molecule has 0 saturated carbocycles. The number of amides is 1. The molecule has 3 aromatic heterocycles. The number of rotatable bonds is 6. The maximum Gasteiger partial charge on any atom is 0.236 e. The number of thioether (sulfide) groups is 1. The summed E-state index contributed by atoms with van der Waals surface area (Å²) in [5, 5.41) is 14.2. The molecule has 0 aliphatic carbocycles. The summed E-state index contributed by atoms with van der Waals surface area (Å²) in [5.41, 5.74) is 1.28. The van der Waals surface area contributed by atoms with Gasteiger partial charge in [-0.05, 0) is 42.5 Å². The summed E-state index contributed by atoms with van der Waals surface area (Å²) in [6.45, 7) is 4.02. The van der Waals surface area contributed by atoms with Crippen LogP contribution >= 0.6 is 34.4 Å². The van der Waals surface area contributed by atoms with Gasteiger partial charge < -0.3 is 14.6 Å². The molecule has 1 N–H and O–H groups in total. The molecule has 26 heavy (non-hydrogen) atoms. The summed E-state index contributed by atoms with van der Waals surface area (Å²) in [7, 11) is 0. The van der Waals surface area contributed by atoms with Crippen LogP contribution in [0.5, 0.6) is 0 Å². The Balaban J connectivity index is 1.31. The molecule has 4 rings (SSSR count). The van der Waals surface area contributed by atoms with E-state index in [2.05, 4.69) is 27.0 Å². The van der Waals surface area contributed by atoms with Gasteiger partial charge in [-0.3, -0.25) is 4.79 Å². The first-order chi connectivity index (χ1) is 12.7. The van der Waals surface area contributed by atoms with E-state index in [1.807, 2.05) is 24.0 Å². The van der Waals surface area contributed by atoms with E-state index in [4.69, 9.17) is 4.42 Å². The Morgan fingerprint density at radius 1 is 1.46 bits per heavy atom. The van der Waals surface area contributed by atoms with E-state index < -0.39 is 0 Å². The summed E-state index contributed by atoms with van der Waals surface area (Å²) in [6.07, 6.45) is 2.60. The fraction of sp³-hybridized carbons (Fsp3) is 0.353. The van der Waals surface area contributed by atoms with Gasteiger partial charge in [0.2, 0.25) is 11.0 Å². The number of aromatic nitrogens is 2. The Bertz CT molecular complexity index is 874. The monoisotopic (exact) mass is 406 g/mol. The molecule has 0 fully saturated rings. The highest BCUT2D eigenvalue weighted by Crippen LogP contribution is 2.31. The van der Waals surface area contributed by atoms with Crippen molar-refractivity contribution >= 4 is 45.5 Å². The zero-order valence-corrected chi connectivity index (χ0v) is 16.6. The number of carbonyl (C=O) groups is 1. The molecule has 136 valence electrons. The lowest BCUT2D eigenvalue weighted by Crippen LogP contribution is -2.39. The van der Waals surface area contributed by atoms with Crippen molar-refractivity contribution in [3.8, 4) is 0 Å². The van der Waals surface area contributed by atoms with Crippen LogP contribution in [0.2, 0.25) is 0 Å². The first-order valence-corrected chi connectivity index (χ1v) is 10.9. The van der Waals surface area contributed by atoms with Crippen LogP contribution in [0.15, 0.2) is 38.6 Å². The van der Waals surface area contributed by atoms with Crippen molar-refractivity contribution in [3.05, 3.63) is 46.0 Å². The smallest absolute Gasteiger partial charge is 0.236 e. The molecular formula is C17H18N4O2S3. The molecule has 1 aliphatic heterocycles. The van der Waals surface area contributed by atoms with E-state index in [-0.39, 0.29) is 11.2 Å². The van der Waals surface area contributed by atoms with Gasteiger partial charge in [0.25, 0.3) is 0 Å². The summed E-state index contributed by atoms with van der Waals surface area (Å²) in [5.74, 6) is 1.00. The van der Waals surface area contributed by atoms with Crippen molar-refractivity contribution in [1.29, 1.82) is 0 Å². The van der Waals surface area contributed by atoms with E-state index in [1.54, 1.807) is 17.6 Å². The number of nitrogens with zero attached hydrogens (tertiary/aromatic N) is 3. The van der Waals surface area contributed by atoms with E-state index >= 15 is 0 Å². The minimum Gasteiger partial charge on any atom is -0.467 e. The van der Waals surface area contributed by atoms with Crippen LogP contribution < -0.4 is 5.32 Å². The van der Waals surface area contributed by atoms with Crippen LogP contribution in [0, 0.1) is 0 Å². The van der Waals surface area contributed by atoms with Crippen LogP contribution in [0.3, 0.4) is 0 Å². The number of hydrogen-bond donors (Lipinski definition) is 1. The predicted octanol–water partition coefficient (Wildman–Crippen LogP) is 3.87. The van der Waals surface area contributed by atoms with Crippen LogP contribution in [0.1, 0.15) is 23.1 Å². The molecule has 1 aliphatic rings. The molecule has 0 aromatic carbocycles. The van der Waals surface area contributed by atoms with Crippen molar-refractivity contribution in [2.45, 2.75) is 36.0 Å². The Morgan fingerprint density at radius 3 is 3.23 bits per heavy atom. The summed E-state index contributed by atoms with van der Waals surface area (Å²) >= 11 is 4.70. The molecule has 0 spiro atoms. The SMILES string of the molecule is CC(Sc1nnc(NCc2ccco2)s1)C(=O)N1CCc2sccc2C1. The lowest BCUT2D eigenvalue weighted by molar-refractivity contribution is -0.131. The second kappa shape index (κ2) is 7.81. The minimum absolute atomic E-state index is 0.159. The van der Waals surface area contributed by atoms with Crippen LogP contribution in [0.25, 0.3) is 0 Å². The Morgan fingerprint density at radius 2 is 2.38 bits per heavy atom. The zero-order valence-electron chi connectivity index (χ0n) is 14.2. The fourth-order valence-corrected chi connectivity index (χ4v) is 5.67. The average molecular weight is 407 g/mol. The first-order valence-electron chi connectivity index (χ1n) is 8.29. The number of nitrogens with one attached hydrogen (secondary N) is 1. The van der Waals surface area contributed by atoms with Crippen molar-refractivity contribution in [3.63, 3.8) is 0 Å². The highest BCUT2D eigenvalue weighted by molar-refractivity contribution is 8.02. The second-order valence-corrected chi connectivity index (χ2v) is 9.51. The van der Waals surface area contributed by atoms with Gasteiger partial charge in [-0.25, -0.2) is 0 Å². The molecule has 0 radical (unpaired) electrons. The number of carbonyl (C=O) groups excluding carboxylic acids is 1. The maximum absolute atomic E-state index is 12.8. The lowest BCUT2D eigenvalue weighted by atomic mass is 10.1. The molecule has 9 heteroatoms. The normalized spacial score (nSPS) is 14.9. The largest absolute Gasteiger partial charge is 0.467 e. The maximum atomic E-state index is 12.8. The molecule has 4 heterocycles. The highest BCUT2D eigenvalue weighted by Gasteiger charge is 2.26. The van der Waals surface area contributed by atoms with Crippen molar-refractivity contribution in [1.82, 2.24) is 15.1 Å². The van der Waals surface area contributed by atoms with E-state index in [9.17, 15) is 4.79 Å². The topological polar surface area (TPSA) is 71.3 Å². The standard InChI is InChI=1S/C17H18N4O2S3/c1-11(15(22)21-6-4-14-12(10-21)5-8-24-14)25-17-20-19-16(26-17)18-9-13-3-2-7-23-13/h2-3,5,7-8,11H,4,6,9-10H2,1H3,(H,18,19). The molecule has 6 nitrogen and oxygen atoms in total. The molecule has 1 unspecified atom stereocenters. The van der Waals surface area contributed by atoms with Gasteiger partial charge in [-0.1, -0.05) is 23.1 Å². The van der Waals surface area contributed by atoms with Crippen LogP contribution in [-0.2, 0) is 24.3 Å². The Hall–Kier alpha value is -1.84. The van der Waals surface area contributed by atoms with E-state index in [0.717, 1.165) is 28.2 Å². The molecule has 1 amide bonds. The predicted molar refractivity (Wildman–Crippen MR) is 105 cm³/mol. The summed E-state index contributed by atoms with van der Waals surface area (Å²) in [6, 6.07) is 5.88. The van der Waals surface area contributed by atoms with Gasteiger partial charge in [0.05, 0.1) is 18.1 Å². The van der Waals surface area contributed by atoms with E-state index in [1.165, 1.54) is 33.5 Å². The molecule has 0 bridgehead atoms. The number of anilines is 1. The quantitative estimate of drug-likeness (QED) is 0.627. The van der Waals surface area contributed by atoms with Crippen LogP contribution in [-0.4, -0.2) is 32.8 Å². The molecule has 3 aromatic rings. The number of hydrogen-bond acceptors (Lipinski definition) is 8. The number of furan rings is 1. The third kappa shape index (κ3) is 3.94. The average Bonchev–Trinajstić information content (AvgIpc) is 3.40. The lowest BCUT2D eigenvalue weighted by Gasteiger charge is -2.28. The third-order valence-corrected chi connectivity index (χ3v) is 7.22. The minimum atomic E-state index is -0.180. The highest BCUT2D eigenvalue weighted by atomic mass is 32.2. The zero-order chi connectivity index (χ0) is 17.9. The van der Waals surface area contributed by atoms with Gasteiger partial charge in [-0.15, -0.1) is 21.5 Å². The second-order valence-electron chi connectivity index (χ2n) is 5.94. The molecule has 0 saturated heterocycles. The van der Waals surface area contributed by atoms with Gasteiger partial charge in [0.15, 0.2) is 4.34 Å². The fourth-order valence-electron chi connectivity index (χ4n) is 2.80. The number of fused-ring (bicyclic) bond motifs is 1. The summed E-state index contributed by atoms with van der Waals surface area (Å²) < 4.78 is 6.08. The van der Waals surface area contributed by atoms with Crippen molar-refractivity contribution in [2.24, 2.45) is 0 Å². The van der Waals surface area contributed by atoms with Crippen molar-refractivity contribution in [2.75, 3.05) is 11.9 Å². The Labute approximate surface area is 163 Å². The van der Waals surface area contributed by atoms with Gasteiger partial charge in [0, 0.05) is 18.0 Å². The molecular weight excluding hydrogens is 388 g/mol. The number of thiophene rings is 1. The van der Waals surface area contributed by atoms with Crippen LogP contribution in [0.4, 0.5) is 5.13 Å². The van der Waals surface area contributed by atoms with Gasteiger partial charge in [0.1, 0.15) is 5.76 Å². The van der Waals surface area contributed by atoms with Gasteiger partial charge in [-0.2, -0.15) is 0 Å². The van der Waals surface area contributed by atoms with E-state index in [0.29, 0.717) is 13.1 Å². The molecule has 1 atom stereocenters. The third-order valence-electron chi connectivity index (χ3n) is 4.15. The summed E-state index contributed by atoms with van der Waals surface area (Å²) in [4.78, 5) is 16.1. The van der Waals surface area contributed by atoms with Crippen molar-refractivity contribution < 1.29 is 9.21 Å². The Kier molecular flexibility index (Phi) is 5.28. The van der Waals surface area contributed by atoms with Gasteiger partial charge >= 0.3 is 0 Å². The first kappa shape index (κ1) is 17.6.